The molecule has 24 heavy (non-hydrogen) atoms. The van der Waals surface area contributed by atoms with Crippen molar-refractivity contribution in [2.24, 2.45) is 11.5 Å². The summed E-state index contributed by atoms with van der Waals surface area (Å²) in [7, 11) is 9.18. The van der Waals surface area contributed by atoms with Crippen LogP contribution in [-0.2, 0) is 0 Å². The summed E-state index contributed by atoms with van der Waals surface area (Å²) in [4.78, 5) is 0. The normalized spacial score (nSPS) is 12.4. The average Bonchev–Trinajstić information content (AvgIpc) is 2.53. The van der Waals surface area contributed by atoms with Crippen molar-refractivity contribution in [2.45, 2.75) is 19.3 Å². The Balaban J connectivity index is 2.49. The fraction of sp³-hybridized carbons (Fsp3) is 0.684. The smallest absolute Gasteiger partial charge is 0.132 e. The molecule has 0 spiro atoms. The van der Waals surface area contributed by atoms with Crippen LogP contribution in [0.1, 0.15) is 19.3 Å². The highest BCUT2D eigenvalue weighted by molar-refractivity contribution is 5.52. The first-order valence-corrected chi connectivity index (χ1v) is 9.20. The topological polar surface area (TPSA) is 64.1 Å². The Morgan fingerprint density at radius 2 is 1.38 bits per heavy atom. The van der Waals surface area contributed by atoms with Crippen LogP contribution in [0.2, 0.25) is 0 Å². The molecule has 5 nitrogen and oxygen atoms in total. The van der Waals surface area contributed by atoms with Crippen LogP contribution in [0, 0.1) is 0 Å². The fourth-order valence-corrected chi connectivity index (χ4v) is 2.97. The van der Waals surface area contributed by atoms with Gasteiger partial charge in [-0.15, -0.1) is 0 Å². The molecular weight excluding hydrogens is 298 g/mol. The minimum absolute atomic E-state index is 0.731. The maximum Gasteiger partial charge on any atom is 0.132 e. The molecule has 0 aromatic heterocycles. The molecule has 1 aromatic carbocycles. The quantitative estimate of drug-likeness (QED) is 0.403. The third-order valence-electron chi connectivity index (χ3n) is 4.72. The lowest BCUT2D eigenvalue weighted by molar-refractivity contribution is -0.890. The molecule has 0 aliphatic heterocycles. The third-order valence-corrected chi connectivity index (χ3v) is 4.72. The predicted octanol–water partition coefficient (Wildman–Crippen LogP) is 1.83. The van der Waals surface area contributed by atoms with Crippen molar-refractivity contribution in [3.63, 3.8) is 0 Å². The van der Waals surface area contributed by atoms with Crippen LogP contribution < -0.4 is 21.3 Å². The second-order valence-electron chi connectivity index (χ2n) is 7.90. The van der Waals surface area contributed by atoms with E-state index in [0.29, 0.717) is 0 Å². The summed E-state index contributed by atoms with van der Waals surface area (Å²) in [6.45, 7) is 5.95. The Bertz CT molecular complexity index is 453. The van der Waals surface area contributed by atoms with Gasteiger partial charge in [-0.25, -0.2) is 0 Å². The Morgan fingerprint density at radius 1 is 0.792 bits per heavy atom. The van der Waals surface area contributed by atoms with Gasteiger partial charge in [-0.3, -0.25) is 4.48 Å². The van der Waals surface area contributed by atoms with E-state index in [1.165, 1.54) is 24.3 Å². The van der Waals surface area contributed by atoms with Gasteiger partial charge >= 0.3 is 0 Å². The molecule has 5 heteroatoms. The first-order valence-electron chi connectivity index (χ1n) is 9.20. The zero-order valence-corrected chi connectivity index (χ0v) is 16.2. The number of nitrogens with one attached hydrogen (secondary N) is 1. The van der Waals surface area contributed by atoms with E-state index in [2.05, 4.69) is 57.8 Å². The molecule has 0 amide bonds. The number of nitrogens with zero attached hydrogens (tertiary/aromatic N) is 2. The van der Waals surface area contributed by atoms with E-state index in [1.54, 1.807) is 0 Å². The maximum absolute atomic E-state index is 5.64. The molecule has 5 N–H and O–H groups in total. The second-order valence-corrected chi connectivity index (χ2v) is 7.90. The molecule has 0 atom stereocenters. The molecule has 0 aliphatic rings. The molecular formula is C19H39N5+2. The molecule has 0 heterocycles. The monoisotopic (exact) mass is 337 g/mol. The van der Waals surface area contributed by atoms with Gasteiger partial charge in [0.05, 0.1) is 47.8 Å². The summed E-state index contributed by atoms with van der Waals surface area (Å²) in [5.74, 6) is 0. The van der Waals surface area contributed by atoms with Crippen molar-refractivity contribution in [1.82, 2.24) is 4.48 Å². The number of anilines is 1. The summed E-state index contributed by atoms with van der Waals surface area (Å²) < 4.78 is 1.97. The fourth-order valence-electron chi connectivity index (χ4n) is 2.97. The van der Waals surface area contributed by atoms with E-state index in [0.717, 1.165) is 54.5 Å². The van der Waals surface area contributed by atoms with Crippen LogP contribution >= 0.6 is 0 Å². The summed E-state index contributed by atoms with van der Waals surface area (Å²) in [6.07, 6.45) is 3.31. The first kappa shape index (κ1) is 20.9. The summed E-state index contributed by atoms with van der Waals surface area (Å²) >= 11 is 0. The van der Waals surface area contributed by atoms with Gasteiger partial charge in [0.2, 0.25) is 0 Å². The Hall–Kier alpha value is -1.14. The van der Waals surface area contributed by atoms with Crippen LogP contribution in [-0.4, -0.2) is 71.9 Å². The number of hydrogen-bond acceptors (Lipinski definition) is 3. The van der Waals surface area contributed by atoms with E-state index in [1.807, 2.05) is 0 Å². The van der Waals surface area contributed by atoms with E-state index < -0.39 is 0 Å². The van der Waals surface area contributed by atoms with Crippen molar-refractivity contribution in [1.29, 1.82) is 0 Å². The van der Waals surface area contributed by atoms with Gasteiger partial charge in [0.25, 0.3) is 0 Å². The van der Waals surface area contributed by atoms with Crippen molar-refractivity contribution in [3.05, 3.63) is 24.3 Å². The highest BCUT2D eigenvalue weighted by Gasteiger charge is 2.21. The Labute approximate surface area is 148 Å². The molecule has 1 aromatic rings. The van der Waals surface area contributed by atoms with Crippen molar-refractivity contribution >= 4 is 11.4 Å². The highest BCUT2D eigenvalue weighted by Crippen LogP contribution is 2.22. The van der Waals surface area contributed by atoms with Crippen molar-refractivity contribution < 1.29 is 4.48 Å². The van der Waals surface area contributed by atoms with E-state index in [-0.39, 0.29) is 0 Å². The SMILES string of the molecule is C[N+](C)(CCCN)CCC[N+](C)(C)c1ccc(NCCCN)cc1. The van der Waals surface area contributed by atoms with E-state index >= 15 is 0 Å². The zero-order chi connectivity index (χ0) is 18.1. The molecule has 138 valence electrons. The lowest BCUT2D eigenvalue weighted by Crippen LogP contribution is -2.46. The van der Waals surface area contributed by atoms with Gasteiger partial charge < -0.3 is 21.3 Å². The Kier molecular flexibility index (Phi) is 8.70. The Morgan fingerprint density at radius 3 is 1.96 bits per heavy atom. The van der Waals surface area contributed by atoms with Gasteiger partial charge in [-0.1, -0.05) is 0 Å². The minimum atomic E-state index is 0.731. The van der Waals surface area contributed by atoms with Crippen LogP contribution in [0.15, 0.2) is 24.3 Å². The minimum Gasteiger partial charge on any atom is -0.385 e. The number of quaternary nitrogens is 2. The maximum atomic E-state index is 5.64. The van der Waals surface area contributed by atoms with Crippen LogP contribution in [0.4, 0.5) is 11.4 Å². The summed E-state index contributed by atoms with van der Waals surface area (Å²) in [6, 6.07) is 8.82. The van der Waals surface area contributed by atoms with Gasteiger partial charge in [-0.05, 0) is 31.6 Å². The number of rotatable bonds is 12. The van der Waals surface area contributed by atoms with Crippen LogP contribution in [0.3, 0.4) is 0 Å². The first-order chi connectivity index (χ1) is 11.3. The van der Waals surface area contributed by atoms with Gasteiger partial charge in [0, 0.05) is 37.2 Å². The lowest BCUT2D eigenvalue weighted by atomic mass is 10.2. The molecule has 0 bridgehead atoms. The largest absolute Gasteiger partial charge is 0.385 e. The van der Waals surface area contributed by atoms with Crippen LogP contribution in [0.25, 0.3) is 0 Å². The van der Waals surface area contributed by atoms with Gasteiger partial charge in [-0.2, -0.15) is 0 Å². The van der Waals surface area contributed by atoms with E-state index in [9.17, 15) is 0 Å². The molecule has 0 fully saturated rings. The zero-order valence-electron chi connectivity index (χ0n) is 16.2. The number of hydrogen-bond donors (Lipinski definition) is 3. The molecule has 1 rings (SSSR count). The van der Waals surface area contributed by atoms with Gasteiger partial charge in [0.1, 0.15) is 5.69 Å². The molecule has 0 saturated carbocycles. The van der Waals surface area contributed by atoms with E-state index in [4.69, 9.17) is 11.5 Å². The van der Waals surface area contributed by atoms with Crippen molar-refractivity contribution in [2.75, 3.05) is 72.8 Å². The van der Waals surface area contributed by atoms with Gasteiger partial charge in [0.15, 0.2) is 0 Å². The third kappa shape index (κ3) is 7.62. The molecule has 0 unspecified atom stereocenters. The summed E-state index contributed by atoms with van der Waals surface area (Å²) in [5, 5.41) is 3.41. The molecule has 0 radical (unpaired) electrons. The summed E-state index contributed by atoms with van der Waals surface area (Å²) in [5.41, 5.74) is 13.7. The molecule has 0 saturated heterocycles. The predicted molar refractivity (Wildman–Crippen MR) is 107 cm³/mol. The standard InChI is InChI=1S/C19H39N5/c1-23(2,15-6-13-21)16-7-17-24(3,4)19-10-8-18(9-11-19)22-14-5-12-20/h8-11,22H,5-7,12-17,20-21H2,1-4H3/q+2. The second kappa shape index (κ2) is 9.99. The van der Waals surface area contributed by atoms with Crippen LogP contribution in [0.5, 0.6) is 0 Å². The number of nitrogens with two attached hydrogens (primary N) is 2. The van der Waals surface area contributed by atoms with Crippen molar-refractivity contribution in [3.8, 4) is 0 Å². The average molecular weight is 338 g/mol. The highest BCUT2D eigenvalue weighted by atomic mass is 15.3. The number of benzene rings is 1. The lowest BCUT2D eigenvalue weighted by Gasteiger charge is -2.33. The molecule has 0 aliphatic carbocycles.